The van der Waals surface area contributed by atoms with Crippen LogP contribution in [0.15, 0.2) is 36.4 Å². The van der Waals surface area contributed by atoms with Crippen molar-refractivity contribution in [3.8, 4) is 0 Å². The highest BCUT2D eigenvalue weighted by Gasteiger charge is 2.17. The van der Waals surface area contributed by atoms with E-state index in [1.807, 2.05) is 0 Å². The summed E-state index contributed by atoms with van der Waals surface area (Å²) in [6, 6.07) is 8.75. The molecule has 7 nitrogen and oxygen atoms in total. The average Bonchev–Trinajstić information content (AvgIpc) is 2.89. The van der Waals surface area contributed by atoms with Crippen LogP contribution in [0.5, 0.6) is 0 Å². The number of nitrogens with one attached hydrogen (secondary N) is 2. The van der Waals surface area contributed by atoms with E-state index < -0.39 is 10.8 Å². The molecule has 0 aliphatic heterocycles. The summed E-state index contributed by atoms with van der Waals surface area (Å²) in [4.78, 5) is 36.0. The summed E-state index contributed by atoms with van der Waals surface area (Å²) in [6.07, 6.45) is 0. The number of nitro benzene ring substituents is 1. The molecule has 1 heterocycles. The van der Waals surface area contributed by atoms with E-state index in [4.69, 9.17) is 0 Å². The van der Waals surface area contributed by atoms with Crippen molar-refractivity contribution in [1.82, 2.24) is 4.98 Å². The molecule has 7 heteroatoms. The first-order valence-electron chi connectivity index (χ1n) is 5.74. The van der Waals surface area contributed by atoms with Crippen LogP contribution in [0.25, 0.3) is 0 Å². The number of aromatic nitrogens is 1. The second-order valence-electron chi connectivity index (χ2n) is 4.07. The number of hydrogen-bond donors (Lipinski definition) is 2. The molecule has 0 saturated heterocycles. The molecule has 2 aromatic rings. The lowest BCUT2D eigenvalue weighted by Crippen LogP contribution is -2.13. The number of aromatic amines is 1. The van der Waals surface area contributed by atoms with Crippen LogP contribution in [0.4, 0.5) is 11.4 Å². The first-order valence-corrected chi connectivity index (χ1v) is 5.74. The number of para-hydroxylation sites is 2. The quantitative estimate of drug-likeness (QED) is 0.506. The van der Waals surface area contributed by atoms with Crippen LogP contribution in [0, 0.1) is 10.1 Å². The third-order valence-electron chi connectivity index (χ3n) is 2.66. The third-order valence-corrected chi connectivity index (χ3v) is 2.66. The number of amides is 1. The molecule has 20 heavy (non-hydrogen) atoms. The smallest absolute Gasteiger partial charge is 0.292 e. The number of carbonyl (C=O) groups excluding carboxylic acids is 2. The summed E-state index contributed by atoms with van der Waals surface area (Å²) in [5, 5.41) is 13.3. The Kier molecular flexibility index (Phi) is 3.60. The monoisotopic (exact) mass is 273 g/mol. The average molecular weight is 273 g/mol. The Labute approximate surface area is 113 Å². The summed E-state index contributed by atoms with van der Waals surface area (Å²) in [5.74, 6) is -0.749. The van der Waals surface area contributed by atoms with Crippen LogP contribution in [-0.4, -0.2) is 21.6 Å². The first-order chi connectivity index (χ1) is 9.49. The van der Waals surface area contributed by atoms with Crippen molar-refractivity contribution in [2.75, 3.05) is 5.32 Å². The van der Waals surface area contributed by atoms with E-state index in [0.29, 0.717) is 5.69 Å². The normalized spacial score (nSPS) is 10.1. The van der Waals surface area contributed by atoms with Gasteiger partial charge in [0.05, 0.1) is 10.6 Å². The van der Waals surface area contributed by atoms with Gasteiger partial charge in [-0.2, -0.15) is 0 Å². The lowest BCUT2D eigenvalue weighted by atomic mass is 10.2. The van der Waals surface area contributed by atoms with Crippen molar-refractivity contribution < 1.29 is 14.5 Å². The van der Waals surface area contributed by atoms with E-state index in [2.05, 4.69) is 10.3 Å². The van der Waals surface area contributed by atoms with Crippen molar-refractivity contribution in [1.29, 1.82) is 0 Å². The largest absolute Gasteiger partial charge is 0.348 e. The standard InChI is InChI=1S/C13H11N3O4/c1-8(17)9-6-7-11(14-9)13(18)15-10-4-2-3-5-12(10)16(19)20/h2-7,14H,1H3,(H,15,18). The zero-order valence-corrected chi connectivity index (χ0v) is 10.5. The fourth-order valence-corrected chi connectivity index (χ4v) is 1.66. The fourth-order valence-electron chi connectivity index (χ4n) is 1.66. The van der Waals surface area contributed by atoms with Crippen LogP contribution >= 0.6 is 0 Å². The van der Waals surface area contributed by atoms with E-state index in [1.165, 1.54) is 37.3 Å². The van der Waals surface area contributed by atoms with Gasteiger partial charge in [-0.25, -0.2) is 0 Å². The number of benzene rings is 1. The van der Waals surface area contributed by atoms with Crippen molar-refractivity contribution >= 4 is 23.1 Å². The van der Waals surface area contributed by atoms with Gasteiger partial charge in [0, 0.05) is 13.0 Å². The summed E-state index contributed by atoms with van der Waals surface area (Å²) < 4.78 is 0. The predicted molar refractivity (Wildman–Crippen MR) is 71.8 cm³/mol. The minimum absolute atomic E-state index is 0.0986. The molecule has 0 saturated carbocycles. The van der Waals surface area contributed by atoms with Gasteiger partial charge < -0.3 is 10.3 Å². The van der Waals surface area contributed by atoms with Crippen molar-refractivity contribution in [2.24, 2.45) is 0 Å². The minimum Gasteiger partial charge on any atom is -0.348 e. The highest BCUT2D eigenvalue weighted by Crippen LogP contribution is 2.23. The number of H-pyrrole nitrogens is 1. The number of nitrogens with zero attached hydrogens (tertiary/aromatic N) is 1. The fraction of sp³-hybridized carbons (Fsp3) is 0.0769. The molecule has 1 aromatic carbocycles. The summed E-state index contributed by atoms with van der Waals surface area (Å²) in [6.45, 7) is 1.37. The van der Waals surface area contributed by atoms with E-state index in [0.717, 1.165) is 0 Å². The van der Waals surface area contributed by atoms with Gasteiger partial charge in [0.1, 0.15) is 11.4 Å². The molecule has 0 atom stereocenters. The molecule has 0 spiro atoms. The van der Waals surface area contributed by atoms with Crippen LogP contribution in [0.3, 0.4) is 0 Å². The Balaban J connectivity index is 2.23. The molecule has 0 bridgehead atoms. The molecule has 1 amide bonds. The SMILES string of the molecule is CC(=O)c1ccc(C(=O)Nc2ccccc2[N+](=O)[O-])[nH]1. The van der Waals surface area contributed by atoms with Gasteiger partial charge in [-0.1, -0.05) is 12.1 Å². The zero-order valence-electron chi connectivity index (χ0n) is 10.5. The van der Waals surface area contributed by atoms with Gasteiger partial charge in [0.2, 0.25) is 0 Å². The lowest BCUT2D eigenvalue weighted by Gasteiger charge is -2.04. The first kappa shape index (κ1) is 13.5. The molecule has 1 aromatic heterocycles. The van der Waals surface area contributed by atoms with Gasteiger partial charge in [0.25, 0.3) is 11.6 Å². The number of rotatable bonds is 4. The van der Waals surface area contributed by atoms with E-state index in [9.17, 15) is 19.7 Å². The van der Waals surface area contributed by atoms with Crippen LogP contribution in [0.2, 0.25) is 0 Å². The molecule has 0 aliphatic rings. The predicted octanol–water partition coefficient (Wildman–Crippen LogP) is 2.38. The Morgan fingerprint density at radius 1 is 1.15 bits per heavy atom. The maximum atomic E-state index is 11.9. The number of carbonyl (C=O) groups is 2. The van der Waals surface area contributed by atoms with E-state index in [-0.39, 0.29) is 22.9 Å². The van der Waals surface area contributed by atoms with Gasteiger partial charge in [-0.15, -0.1) is 0 Å². The number of anilines is 1. The van der Waals surface area contributed by atoms with Crippen molar-refractivity contribution in [3.05, 3.63) is 57.9 Å². The maximum Gasteiger partial charge on any atom is 0.292 e. The number of nitro groups is 1. The Morgan fingerprint density at radius 3 is 2.40 bits per heavy atom. The molecule has 2 N–H and O–H groups in total. The molecular formula is C13H11N3O4. The molecule has 0 fully saturated rings. The maximum absolute atomic E-state index is 11.9. The molecule has 102 valence electrons. The van der Waals surface area contributed by atoms with Crippen molar-refractivity contribution in [2.45, 2.75) is 6.92 Å². The summed E-state index contributed by atoms with van der Waals surface area (Å²) in [7, 11) is 0. The summed E-state index contributed by atoms with van der Waals surface area (Å²) >= 11 is 0. The molecule has 0 radical (unpaired) electrons. The summed E-state index contributed by atoms with van der Waals surface area (Å²) in [5.41, 5.74) is 0.367. The number of hydrogen-bond acceptors (Lipinski definition) is 4. The highest BCUT2D eigenvalue weighted by molar-refractivity contribution is 6.05. The van der Waals surface area contributed by atoms with Gasteiger partial charge in [-0.3, -0.25) is 19.7 Å². The molecule has 0 unspecified atom stereocenters. The lowest BCUT2D eigenvalue weighted by molar-refractivity contribution is -0.383. The number of Topliss-reactive ketones (excluding diaryl/α,β-unsaturated/α-hetero) is 1. The topological polar surface area (TPSA) is 105 Å². The van der Waals surface area contributed by atoms with Crippen LogP contribution < -0.4 is 5.32 Å². The second kappa shape index (κ2) is 5.35. The molecule has 2 rings (SSSR count). The second-order valence-corrected chi connectivity index (χ2v) is 4.07. The Hall–Kier alpha value is -2.96. The zero-order chi connectivity index (χ0) is 14.7. The molecule has 0 aliphatic carbocycles. The van der Waals surface area contributed by atoms with Crippen LogP contribution in [0.1, 0.15) is 27.9 Å². The van der Waals surface area contributed by atoms with Gasteiger partial charge in [0.15, 0.2) is 5.78 Å². The Bertz CT molecular complexity index is 690. The molecular weight excluding hydrogens is 262 g/mol. The number of ketones is 1. The van der Waals surface area contributed by atoms with Gasteiger partial charge in [-0.05, 0) is 18.2 Å². The van der Waals surface area contributed by atoms with Crippen molar-refractivity contribution in [3.63, 3.8) is 0 Å². The highest BCUT2D eigenvalue weighted by atomic mass is 16.6. The third kappa shape index (κ3) is 2.72. The van der Waals surface area contributed by atoms with E-state index >= 15 is 0 Å². The Morgan fingerprint density at radius 2 is 1.80 bits per heavy atom. The van der Waals surface area contributed by atoms with E-state index in [1.54, 1.807) is 6.07 Å². The van der Waals surface area contributed by atoms with Gasteiger partial charge >= 0.3 is 0 Å². The van der Waals surface area contributed by atoms with Crippen LogP contribution in [-0.2, 0) is 0 Å². The minimum atomic E-state index is -0.578.